The predicted molar refractivity (Wildman–Crippen MR) is 163 cm³/mol. The predicted octanol–water partition coefficient (Wildman–Crippen LogP) is 8.34. The first kappa shape index (κ1) is 20.5. The lowest BCUT2D eigenvalue weighted by Crippen LogP contribution is -2.14. The Morgan fingerprint density at radius 1 is 0.610 bits per heavy atom. The minimum atomic E-state index is -0.0726. The van der Waals surface area contributed by atoms with Crippen molar-refractivity contribution < 1.29 is 4.42 Å². The van der Waals surface area contributed by atoms with Gasteiger partial charge < -0.3 is 4.42 Å². The Labute approximate surface area is 232 Å². The number of imidazole rings is 4. The van der Waals surface area contributed by atoms with E-state index < -0.39 is 0 Å². The van der Waals surface area contributed by atoms with Gasteiger partial charge in [0.25, 0.3) is 0 Å². The molecular formula is C35H21N5O. The maximum absolute atomic E-state index is 6.38. The fourth-order valence-corrected chi connectivity index (χ4v) is 7.81. The Morgan fingerprint density at radius 2 is 1.41 bits per heavy atom. The number of hydrogen-bond donors (Lipinski definition) is 0. The van der Waals surface area contributed by atoms with Crippen LogP contribution in [0.25, 0.3) is 83.2 Å². The molecule has 6 heteroatoms. The topological polar surface area (TPSA) is 52.2 Å². The molecule has 0 radical (unpaired) electrons. The van der Waals surface area contributed by atoms with E-state index in [4.69, 9.17) is 14.4 Å². The van der Waals surface area contributed by atoms with Crippen LogP contribution in [0.3, 0.4) is 0 Å². The molecule has 6 nitrogen and oxygen atoms in total. The molecule has 0 saturated heterocycles. The van der Waals surface area contributed by atoms with Crippen molar-refractivity contribution in [3.05, 3.63) is 102 Å². The zero-order valence-electron chi connectivity index (χ0n) is 22.3. The second kappa shape index (κ2) is 6.34. The van der Waals surface area contributed by atoms with E-state index in [1.165, 1.54) is 27.8 Å². The van der Waals surface area contributed by atoms with E-state index in [1.807, 2.05) is 12.1 Å². The molecule has 0 fully saturated rings. The van der Waals surface area contributed by atoms with E-state index in [2.05, 4.69) is 106 Å². The molecule has 1 aliphatic rings. The van der Waals surface area contributed by atoms with Gasteiger partial charge in [0.15, 0.2) is 5.58 Å². The smallest absolute Gasteiger partial charge is 0.223 e. The van der Waals surface area contributed by atoms with Crippen LogP contribution in [0.2, 0.25) is 0 Å². The molecule has 10 aromatic rings. The molecule has 0 unspecified atom stereocenters. The lowest BCUT2D eigenvalue weighted by atomic mass is 9.82. The first-order valence-corrected chi connectivity index (χ1v) is 14.0. The van der Waals surface area contributed by atoms with Crippen molar-refractivity contribution in [3.63, 3.8) is 0 Å². The van der Waals surface area contributed by atoms with E-state index in [9.17, 15) is 0 Å². The number of benzene rings is 5. The first-order valence-electron chi connectivity index (χ1n) is 14.0. The molecule has 0 saturated carbocycles. The maximum atomic E-state index is 6.38. The Bertz CT molecular complexity index is 2780. The molecule has 5 aromatic carbocycles. The second-order valence-electron chi connectivity index (χ2n) is 11.9. The molecule has 0 atom stereocenters. The van der Waals surface area contributed by atoms with E-state index in [-0.39, 0.29) is 5.41 Å². The summed E-state index contributed by atoms with van der Waals surface area (Å²) in [6.45, 7) is 4.65. The van der Waals surface area contributed by atoms with Crippen LogP contribution in [0.1, 0.15) is 25.0 Å². The molecule has 0 spiro atoms. The summed E-state index contributed by atoms with van der Waals surface area (Å²) < 4.78 is 13.2. The Morgan fingerprint density at radius 3 is 2.34 bits per heavy atom. The van der Waals surface area contributed by atoms with Gasteiger partial charge in [-0.3, -0.25) is 8.80 Å². The molecule has 5 aromatic heterocycles. The quantitative estimate of drug-likeness (QED) is 0.199. The molecule has 0 amide bonds. The van der Waals surface area contributed by atoms with Crippen LogP contribution in [0.4, 0.5) is 0 Å². The van der Waals surface area contributed by atoms with E-state index in [0.29, 0.717) is 0 Å². The molecule has 1 aliphatic carbocycles. The van der Waals surface area contributed by atoms with Gasteiger partial charge in [0.05, 0.1) is 27.6 Å². The molecule has 41 heavy (non-hydrogen) atoms. The molecule has 11 rings (SSSR count). The normalized spacial score (nSPS) is 14.8. The monoisotopic (exact) mass is 527 g/mol. The molecule has 192 valence electrons. The summed E-state index contributed by atoms with van der Waals surface area (Å²) in [6, 6.07) is 32.4. The number of fused-ring (bicyclic) bond motifs is 18. The van der Waals surface area contributed by atoms with Crippen LogP contribution in [0.15, 0.2) is 95.4 Å². The third-order valence-electron chi connectivity index (χ3n) is 9.59. The standard InChI is InChI=1S/C35H21N5O/c1-35(2)21-10-5-3-9-20(21)28-22(35)15-16-23-30(28)39-26-12-7-11-25-31(26)40(33(39)36-23)34-37-29-24(38(25)34)17-14-19-18-8-4-6-13-27(18)41-32(19)29/h3-17H,1-2H3. The van der Waals surface area contributed by atoms with Crippen LogP contribution in [-0.2, 0) is 5.41 Å². The van der Waals surface area contributed by atoms with E-state index >= 15 is 0 Å². The highest BCUT2D eigenvalue weighted by Crippen LogP contribution is 2.51. The van der Waals surface area contributed by atoms with Crippen LogP contribution in [0, 0.1) is 0 Å². The van der Waals surface area contributed by atoms with Crippen LogP contribution in [-0.4, -0.2) is 23.2 Å². The summed E-state index contributed by atoms with van der Waals surface area (Å²) in [7, 11) is 0. The van der Waals surface area contributed by atoms with Gasteiger partial charge in [0.1, 0.15) is 16.6 Å². The zero-order valence-corrected chi connectivity index (χ0v) is 22.3. The van der Waals surface area contributed by atoms with Crippen molar-refractivity contribution in [2.75, 3.05) is 0 Å². The summed E-state index contributed by atoms with van der Waals surface area (Å²) >= 11 is 0. The Hall–Kier alpha value is -5.36. The second-order valence-corrected chi connectivity index (χ2v) is 11.9. The zero-order chi connectivity index (χ0) is 26.8. The number of nitrogens with zero attached hydrogens (tertiary/aromatic N) is 5. The van der Waals surface area contributed by atoms with Gasteiger partial charge in [0.2, 0.25) is 11.6 Å². The Balaban J connectivity index is 1.35. The summed E-state index contributed by atoms with van der Waals surface area (Å²) in [6.07, 6.45) is 0. The van der Waals surface area contributed by atoms with Crippen LogP contribution in [0.5, 0.6) is 0 Å². The van der Waals surface area contributed by atoms with Crippen molar-refractivity contribution in [1.29, 1.82) is 0 Å². The van der Waals surface area contributed by atoms with Crippen molar-refractivity contribution in [1.82, 2.24) is 23.2 Å². The lowest BCUT2D eigenvalue weighted by molar-refractivity contribution is 0.661. The number of furan rings is 1. The lowest BCUT2D eigenvalue weighted by Gasteiger charge is -2.21. The van der Waals surface area contributed by atoms with Gasteiger partial charge in [-0.25, -0.2) is 14.4 Å². The van der Waals surface area contributed by atoms with Gasteiger partial charge >= 0.3 is 0 Å². The Kier molecular flexibility index (Phi) is 3.17. The molecule has 5 heterocycles. The fourth-order valence-electron chi connectivity index (χ4n) is 7.81. The van der Waals surface area contributed by atoms with Crippen molar-refractivity contribution >= 4 is 72.1 Å². The van der Waals surface area contributed by atoms with Gasteiger partial charge in [-0.2, -0.15) is 0 Å². The maximum Gasteiger partial charge on any atom is 0.223 e. The number of hydrogen-bond acceptors (Lipinski definition) is 3. The number of aromatic nitrogens is 5. The number of rotatable bonds is 0. The average Bonchev–Trinajstić information content (AvgIpc) is 3.80. The summed E-state index contributed by atoms with van der Waals surface area (Å²) in [5, 5.41) is 2.20. The van der Waals surface area contributed by atoms with Crippen molar-refractivity contribution in [3.8, 4) is 11.1 Å². The van der Waals surface area contributed by atoms with E-state index in [1.54, 1.807) is 0 Å². The van der Waals surface area contributed by atoms with Gasteiger partial charge in [-0.05, 0) is 53.1 Å². The van der Waals surface area contributed by atoms with Crippen LogP contribution >= 0.6 is 0 Å². The summed E-state index contributed by atoms with van der Waals surface area (Å²) in [5.41, 5.74) is 14.4. The highest BCUT2D eigenvalue weighted by Gasteiger charge is 2.38. The highest BCUT2D eigenvalue weighted by atomic mass is 16.3. The van der Waals surface area contributed by atoms with E-state index in [0.717, 1.165) is 66.6 Å². The third kappa shape index (κ3) is 2.10. The molecule has 0 bridgehead atoms. The SMILES string of the molecule is CC1(C)c2ccccc2-c2c1ccc1nc3n(c4cccc5c4n3c3nc4c6oc7ccccc7c6ccc4n53)c21. The van der Waals surface area contributed by atoms with Crippen molar-refractivity contribution in [2.24, 2.45) is 0 Å². The summed E-state index contributed by atoms with van der Waals surface area (Å²) in [4.78, 5) is 10.5. The van der Waals surface area contributed by atoms with Crippen LogP contribution < -0.4 is 0 Å². The fraction of sp³-hybridized carbons (Fsp3) is 0.0857. The number of para-hydroxylation sites is 2. The average molecular weight is 528 g/mol. The molecule has 0 aliphatic heterocycles. The van der Waals surface area contributed by atoms with Crippen molar-refractivity contribution in [2.45, 2.75) is 19.3 Å². The van der Waals surface area contributed by atoms with Gasteiger partial charge in [-0.1, -0.05) is 68.4 Å². The first-order chi connectivity index (χ1) is 20.1. The molecule has 0 N–H and O–H groups in total. The van der Waals surface area contributed by atoms with Gasteiger partial charge in [0, 0.05) is 21.8 Å². The minimum Gasteiger partial charge on any atom is -0.454 e. The largest absolute Gasteiger partial charge is 0.454 e. The summed E-state index contributed by atoms with van der Waals surface area (Å²) in [5.74, 6) is 1.73. The third-order valence-corrected chi connectivity index (χ3v) is 9.59. The molecular weight excluding hydrogens is 506 g/mol. The highest BCUT2D eigenvalue weighted by molar-refractivity contribution is 6.15. The minimum absolute atomic E-state index is 0.0726. The van der Waals surface area contributed by atoms with Gasteiger partial charge in [-0.15, -0.1) is 0 Å².